The Bertz CT molecular complexity index is 326. The van der Waals surface area contributed by atoms with Crippen molar-refractivity contribution >= 4 is 0 Å². The van der Waals surface area contributed by atoms with Gasteiger partial charge in [0.25, 0.3) is 0 Å². The van der Waals surface area contributed by atoms with Gasteiger partial charge in [-0.05, 0) is 11.6 Å². The van der Waals surface area contributed by atoms with Crippen LogP contribution in [0, 0.1) is 6.07 Å². The molecule has 1 heterocycles. The summed E-state index contributed by atoms with van der Waals surface area (Å²) >= 11 is 0. The summed E-state index contributed by atoms with van der Waals surface area (Å²) in [6, 6.07) is 11.0. The highest BCUT2D eigenvalue weighted by Crippen LogP contribution is 1.98. The largest absolute Gasteiger partial charge is 0.249 e. The Labute approximate surface area is 70.7 Å². The molecule has 0 aliphatic carbocycles. The summed E-state index contributed by atoms with van der Waals surface area (Å²) < 4.78 is 1.77. The molecule has 0 saturated carbocycles. The molecule has 0 aliphatic rings. The van der Waals surface area contributed by atoms with E-state index >= 15 is 0 Å². The van der Waals surface area contributed by atoms with E-state index < -0.39 is 0 Å². The lowest BCUT2D eigenvalue weighted by atomic mass is 10.2. The normalized spacial score (nSPS) is 10.0. The highest BCUT2D eigenvalue weighted by Gasteiger charge is 1.92. The summed E-state index contributed by atoms with van der Waals surface area (Å²) in [5.74, 6) is 0. The third-order valence-corrected chi connectivity index (χ3v) is 1.57. The van der Waals surface area contributed by atoms with E-state index in [2.05, 4.69) is 16.1 Å². The van der Waals surface area contributed by atoms with Gasteiger partial charge in [-0.3, -0.25) is 0 Å². The average Bonchev–Trinajstić information content (AvgIpc) is 2.59. The van der Waals surface area contributed by atoms with Gasteiger partial charge in [0.05, 0.1) is 6.54 Å². The highest BCUT2D eigenvalue weighted by molar-refractivity contribution is 5.12. The molecule has 0 amide bonds. The van der Waals surface area contributed by atoms with Gasteiger partial charge >= 0.3 is 0 Å². The quantitative estimate of drug-likeness (QED) is 0.655. The second-order valence-electron chi connectivity index (χ2n) is 2.48. The number of aromatic nitrogens is 3. The van der Waals surface area contributed by atoms with Crippen molar-refractivity contribution in [1.82, 2.24) is 14.8 Å². The van der Waals surface area contributed by atoms with Crippen LogP contribution >= 0.6 is 0 Å². The van der Waals surface area contributed by atoms with Gasteiger partial charge in [-0.1, -0.05) is 24.3 Å². The predicted molar refractivity (Wildman–Crippen MR) is 44.4 cm³/mol. The smallest absolute Gasteiger partial charge is 0.137 e. The molecule has 0 spiro atoms. The van der Waals surface area contributed by atoms with Gasteiger partial charge in [0.2, 0.25) is 0 Å². The molecule has 0 N–H and O–H groups in total. The predicted octanol–water partition coefficient (Wildman–Crippen LogP) is 1.13. The third kappa shape index (κ3) is 1.50. The van der Waals surface area contributed by atoms with Crippen molar-refractivity contribution in [2.75, 3.05) is 0 Å². The topological polar surface area (TPSA) is 30.7 Å². The number of rotatable bonds is 2. The summed E-state index contributed by atoms with van der Waals surface area (Å²) in [6.45, 7) is 0.737. The minimum atomic E-state index is 0.737. The summed E-state index contributed by atoms with van der Waals surface area (Å²) in [6.07, 6.45) is 3.23. The van der Waals surface area contributed by atoms with E-state index in [4.69, 9.17) is 0 Å². The van der Waals surface area contributed by atoms with Crippen LogP contribution in [0.25, 0.3) is 0 Å². The molecular formula is C9H8N3. The molecule has 0 saturated heterocycles. The molecule has 1 aromatic heterocycles. The van der Waals surface area contributed by atoms with Gasteiger partial charge in [-0.15, -0.1) is 0 Å². The van der Waals surface area contributed by atoms with Gasteiger partial charge in [0, 0.05) is 0 Å². The van der Waals surface area contributed by atoms with Crippen LogP contribution < -0.4 is 0 Å². The zero-order valence-electron chi connectivity index (χ0n) is 6.51. The lowest BCUT2D eigenvalue weighted by Crippen LogP contribution is -1.99. The van der Waals surface area contributed by atoms with E-state index in [-0.39, 0.29) is 0 Å². The van der Waals surface area contributed by atoms with Crippen molar-refractivity contribution in [3.8, 4) is 0 Å². The van der Waals surface area contributed by atoms with E-state index in [1.807, 2.05) is 24.3 Å². The maximum Gasteiger partial charge on any atom is 0.137 e. The van der Waals surface area contributed by atoms with Crippen molar-refractivity contribution < 1.29 is 0 Å². The fourth-order valence-corrected chi connectivity index (χ4v) is 1.02. The van der Waals surface area contributed by atoms with Gasteiger partial charge in [0.15, 0.2) is 0 Å². The maximum absolute atomic E-state index is 4.00. The van der Waals surface area contributed by atoms with Crippen molar-refractivity contribution in [2.24, 2.45) is 0 Å². The zero-order chi connectivity index (χ0) is 8.23. The number of nitrogens with zero attached hydrogens (tertiary/aromatic N) is 3. The number of hydrogen-bond donors (Lipinski definition) is 0. The van der Waals surface area contributed by atoms with E-state index in [1.54, 1.807) is 11.0 Å². The lowest BCUT2D eigenvalue weighted by molar-refractivity contribution is 0.684. The molecule has 59 valence electrons. The fourth-order valence-electron chi connectivity index (χ4n) is 1.02. The Morgan fingerprint density at radius 1 is 1.42 bits per heavy atom. The SMILES string of the molecule is [c]1ccccc1Cn1cncn1. The Morgan fingerprint density at radius 3 is 3.08 bits per heavy atom. The van der Waals surface area contributed by atoms with Gasteiger partial charge in [-0.2, -0.15) is 5.10 Å². The van der Waals surface area contributed by atoms with Crippen LogP contribution in [0.15, 0.2) is 36.9 Å². The van der Waals surface area contributed by atoms with Crippen LogP contribution in [0.3, 0.4) is 0 Å². The minimum Gasteiger partial charge on any atom is -0.249 e. The number of benzene rings is 1. The molecule has 0 bridgehead atoms. The van der Waals surface area contributed by atoms with E-state index in [0.29, 0.717) is 0 Å². The van der Waals surface area contributed by atoms with Crippen molar-refractivity contribution in [3.63, 3.8) is 0 Å². The van der Waals surface area contributed by atoms with Crippen LogP contribution in [0.5, 0.6) is 0 Å². The fraction of sp³-hybridized carbons (Fsp3) is 0.111. The Hall–Kier alpha value is -1.64. The molecular weight excluding hydrogens is 150 g/mol. The second kappa shape index (κ2) is 3.17. The molecule has 2 rings (SSSR count). The molecule has 3 nitrogen and oxygen atoms in total. The Balaban J connectivity index is 2.15. The summed E-state index contributed by atoms with van der Waals surface area (Å²) in [5, 5.41) is 4.00. The highest BCUT2D eigenvalue weighted by atomic mass is 15.3. The van der Waals surface area contributed by atoms with Crippen LogP contribution in [0.1, 0.15) is 5.56 Å². The van der Waals surface area contributed by atoms with Crippen LogP contribution in [-0.2, 0) is 6.54 Å². The van der Waals surface area contributed by atoms with E-state index in [1.165, 1.54) is 6.33 Å². The average molecular weight is 158 g/mol. The monoisotopic (exact) mass is 158 g/mol. The standard InChI is InChI=1S/C9H8N3/c1-2-4-9(5-3-1)6-12-8-10-7-11-12/h1-4,7-8H,6H2. The molecule has 12 heavy (non-hydrogen) atoms. The Kier molecular flexibility index (Phi) is 1.86. The van der Waals surface area contributed by atoms with Gasteiger partial charge in [0.1, 0.15) is 12.7 Å². The molecule has 2 aromatic rings. The van der Waals surface area contributed by atoms with Gasteiger partial charge in [-0.25, -0.2) is 9.67 Å². The minimum absolute atomic E-state index is 0.737. The van der Waals surface area contributed by atoms with Crippen molar-refractivity contribution in [3.05, 3.63) is 48.5 Å². The van der Waals surface area contributed by atoms with E-state index in [9.17, 15) is 0 Å². The first kappa shape index (κ1) is 7.03. The van der Waals surface area contributed by atoms with Crippen LogP contribution in [0.4, 0.5) is 0 Å². The molecule has 1 aromatic carbocycles. The van der Waals surface area contributed by atoms with E-state index in [0.717, 1.165) is 12.1 Å². The first-order valence-electron chi connectivity index (χ1n) is 3.73. The maximum atomic E-state index is 4.00. The molecule has 3 heteroatoms. The zero-order valence-corrected chi connectivity index (χ0v) is 6.51. The third-order valence-electron chi connectivity index (χ3n) is 1.57. The Morgan fingerprint density at radius 2 is 2.42 bits per heavy atom. The van der Waals surface area contributed by atoms with Crippen molar-refractivity contribution in [1.29, 1.82) is 0 Å². The van der Waals surface area contributed by atoms with Crippen LogP contribution in [-0.4, -0.2) is 14.8 Å². The molecule has 0 atom stereocenters. The van der Waals surface area contributed by atoms with Gasteiger partial charge < -0.3 is 0 Å². The second-order valence-corrected chi connectivity index (χ2v) is 2.48. The molecule has 0 fully saturated rings. The first-order valence-corrected chi connectivity index (χ1v) is 3.73. The number of hydrogen-bond acceptors (Lipinski definition) is 2. The molecule has 0 unspecified atom stereocenters. The first-order chi connectivity index (χ1) is 5.95. The lowest BCUT2D eigenvalue weighted by Gasteiger charge is -1.98. The summed E-state index contributed by atoms with van der Waals surface area (Å²) in [5.41, 5.74) is 1.11. The summed E-state index contributed by atoms with van der Waals surface area (Å²) in [4.78, 5) is 3.86. The van der Waals surface area contributed by atoms with Crippen molar-refractivity contribution in [2.45, 2.75) is 6.54 Å². The summed E-state index contributed by atoms with van der Waals surface area (Å²) in [7, 11) is 0. The molecule has 0 aliphatic heterocycles. The molecule has 1 radical (unpaired) electrons. The van der Waals surface area contributed by atoms with Crippen LogP contribution in [0.2, 0.25) is 0 Å².